The highest BCUT2D eigenvalue weighted by atomic mass is 32.2. The molecule has 0 aliphatic heterocycles. The minimum atomic E-state index is -5.04. The van der Waals surface area contributed by atoms with Gasteiger partial charge >= 0.3 is 5.97 Å². The van der Waals surface area contributed by atoms with E-state index in [4.69, 9.17) is 4.74 Å². The summed E-state index contributed by atoms with van der Waals surface area (Å²) >= 11 is 0. The summed E-state index contributed by atoms with van der Waals surface area (Å²) in [7, 11) is -15.0. The van der Waals surface area contributed by atoms with Crippen molar-refractivity contribution in [3.8, 4) is 5.75 Å². The number of unbranched alkanes of at least 4 members (excludes halogenated alkanes) is 11. The van der Waals surface area contributed by atoms with E-state index in [0.29, 0.717) is 12.5 Å². The standard InChI is InChI=1S/C34H42O11S3/c1-2-3-4-5-6-7-8-9-10-11-12-13-14-15-16-17-32(35)45-28-22-29(46(36,37)38)25-20-21-27-31(48(42,43)44)23-30(47(39,40)41)26-19-18-24(28)33(25)34(26)27/h9-10,18-23H,2-8,11-17H2,1H3,(H,36,37,38)(H,39,40,41)(H,42,43,44)/b10-9-. The Morgan fingerprint density at radius 3 is 1.46 bits per heavy atom. The van der Waals surface area contributed by atoms with Gasteiger partial charge in [0, 0.05) is 44.8 Å². The number of hydrogen-bond donors (Lipinski definition) is 3. The smallest absolute Gasteiger partial charge is 0.311 e. The first kappa shape index (κ1) is 37.7. The SMILES string of the molecule is CCCCCCCC/C=C\CCCCCCCC(=O)Oc1cc(S(=O)(=O)O)c2ccc3c(S(=O)(=O)O)cc(S(=O)(=O)O)c4ccc1c2c43. The second-order valence-electron chi connectivity index (χ2n) is 12.1. The number of allylic oxidation sites excluding steroid dienone is 2. The quantitative estimate of drug-likeness (QED) is 0.0211. The molecule has 262 valence electrons. The highest BCUT2D eigenvalue weighted by molar-refractivity contribution is 7.87. The predicted octanol–water partition coefficient (Wildman–Crippen LogP) is 8.27. The minimum Gasteiger partial charge on any atom is -0.426 e. The Labute approximate surface area is 281 Å². The van der Waals surface area contributed by atoms with Crippen LogP contribution >= 0.6 is 0 Å². The molecule has 0 aliphatic carbocycles. The second-order valence-corrected chi connectivity index (χ2v) is 16.2. The van der Waals surface area contributed by atoms with Gasteiger partial charge in [-0.25, -0.2) is 0 Å². The predicted molar refractivity (Wildman–Crippen MR) is 185 cm³/mol. The molecular weight excluding hydrogens is 681 g/mol. The average Bonchev–Trinajstić information content (AvgIpc) is 3.00. The molecule has 0 fully saturated rings. The van der Waals surface area contributed by atoms with Gasteiger partial charge in [-0.3, -0.25) is 18.5 Å². The molecule has 14 heteroatoms. The van der Waals surface area contributed by atoms with Crippen LogP contribution in [0.25, 0.3) is 32.3 Å². The molecule has 4 aromatic carbocycles. The maximum atomic E-state index is 12.9. The Bertz CT molecular complexity index is 2070. The van der Waals surface area contributed by atoms with Gasteiger partial charge in [0.25, 0.3) is 30.4 Å². The Balaban J connectivity index is 1.48. The van der Waals surface area contributed by atoms with Gasteiger partial charge in [-0.05, 0) is 44.2 Å². The molecule has 0 saturated heterocycles. The number of carbonyl (C=O) groups is 1. The second kappa shape index (κ2) is 16.0. The van der Waals surface area contributed by atoms with Crippen molar-refractivity contribution in [3.63, 3.8) is 0 Å². The zero-order chi connectivity index (χ0) is 35.1. The van der Waals surface area contributed by atoms with Crippen molar-refractivity contribution in [1.82, 2.24) is 0 Å². The Morgan fingerprint density at radius 1 is 0.583 bits per heavy atom. The molecule has 11 nitrogen and oxygen atoms in total. The van der Waals surface area contributed by atoms with E-state index in [2.05, 4.69) is 19.1 Å². The first-order valence-corrected chi connectivity index (χ1v) is 20.5. The fourth-order valence-corrected chi connectivity index (χ4v) is 8.31. The van der Waals surface area contributed by atoms with E-state index in [0.717, 1.165) is 50.7 Å². The molecule has 0 amide bonds. The molecule has 0 bridgehead atoms. The number of carbonyl (C=O) groups excluding carboxylic acids is 1. The topological polar surface area (TPSA) is 189 Å². The Hall–Kier alpha value is -3.14. The van der Waals surface area contributed by atoms with Crippen LogP contribution in [0.3, 0.4) is 0 Å². The first-order chi connectivity index (χ1) is 22.6. The summed E-state index contributed by atoms with van der Waals surface area (Å²) < 4.78 is 109. The Kier molecular flexibility index (Phi) is 12.6. The average molecular weight is 723 g/mol. The molecule has 0 unspecified atom stereocenters. The van der Waals surface area contributed by atoms with E-state index in [1.165, 1.54) is 56.7 Å². The van der Waals surface area contributed by atoms with Gasteiger partial charge in [0.1, 0.15) is 20.4 Å². The maximum absolute atomic E-state index is 12.9. The molecule has 0 spiro atoms. The van der Waals surface area contributed by atoms with Crippen LogP contribution in [0.5, 0.6) is 5.75 Å². The van der Waals surface area contributed by atoms with Crippen LogP contribution < -0.4 is 4.74 Å². The van der Waals surface area contributed by atoms with Gasteiger partial charge in [0.15, 0.2) is 0 Å². The van der Waals surface area contributed by atoms with E-state index in [9.17, 15) is 43.7 Å². The fraction of sp³-hybridized carbons (Fsp3) is 0.441. The van der Waals surface area contributed by atoms with E-state index in [1.807, 2.05) is 0 Å². The molecule has 4 rings (SSSR count). The number of rotatable bonds is 19. The number of hydrogen-bond acceptors (Lipinski definition) is 8. The highest BCUT2D eigenvalue weighted by Crippen LogP contribution is 2.45. The van der Waals surface area contributed by atoms with Gasteiger partial charge in [-0.1, -0.05) is 88.6 Å². The van der Waals surface area contributed by atoms with Crippen molar-refractivity contribution in [2.45, 2.75) is 112 Å². The summed E-state index contributed by atoms with van der Waals surface area (Å²) in [5.74, 6) is -0.922. The van der Waals surface area contributed by atoms with Crippen LogP contribution in [-0.4, -0.2) is 44.9 Å². The largest absolute Gasteiger partial charge is 0.426 e. The molecular formula is C34H42O11S3. The summed E-state index contributed by atoms with van der Waals surface area (Å²) in [6, 6.07) is 6.49. The van der Waals surface area contributed by atoms with E-state index in [-0.39, 0.29) is 44.5 Å². The third-order valence-corrected chi connectivity index (χ3v) is 11.1. The van der Waals surface area contributed by atoms with Crippen LogP contribution in [0.15, 0.2) is 63.2 Å². The lowest BCUT2D eigenvalue weighted by atomic mass is 9.93. The molecule has 48 heavy (non-hydrogen) atoms. The third kappa shape index (κ3) is 9.30. The molecule has 4 aromatic rings. The van der Waals surface area contributed by atoms with Crippen molar-refractivity contribution in [1.29, 1.82) is 0 Å². The van der Waals surface area contributed by atoms with Crippen LogP contribution in [-0.2, 0) is 35.1 Å². The van der Waals surface area contributed by atoms with E-state index >= 15 is 0 Å². The van der Waals surface area contributed by atoms with Crippen molar-refractivity contribution >= 4 is 68.6 Å². The number of ether oxygens (including phenoxy) is 1. The lowest BCUT2D eigenvalue weighted by Gasteiger charge is -2.18. The summed E-state index contributed by atoms with van der Waals surface area (Å²) in [5, 5.41) is -0.585. The van der Waals surface area contributed by atoms with Gasteiger partial charge in [-0.2, -0.15) is 25.3 Å². The number of esters is 1. The molecule has 0 radical (unpaired) electrons. The zero-order valence-electron chi connectivity index (χ0n) is 26.9. The van der Waals surface area contributed by atoms with Crippen LogP contribution in [0, 0.1) is 0 Å². The van der Waals surface area contributed by atoms with E-state index in [1.54, 1.807) is 0 Å². The maximum Gasteiger partial charge on any atom is 0.311 e. The Morgan fingerprint density at radius 2 is 0.979 bits per heavy atom. The van der Waals surface area contributed by atoms with Gasteiger partial charge < -0.3 is 4.74 Å². The van der Waals surface area contributed by atoms with E-state index < -0.39 is 51.0 Å². The van der Waals surface area contributed by atoms with Crippen LogP contribution in [0.2, 0.25) is 0 Å². The van der Waals surface area contributed by atoms with Crippen molar-refractivity contribution in [2.24, 2.45) is 0 Å². The molecule has 0 aromatic heterocycles. The summed E-state index contributed by atoms with van der Waals surface area (Å²) in [4.78, 5) is 10.5. The van der Waals surface area contributed by atoms with Crippen LogP contribution in [0.1, 0.15) is 96.8 Å². The normalized spacial score (nSPS) is 13.0. The molecule has 0 heterocycles. The van der Waals surface area contributed by atoms with Crippen LogP contribution in [0.4, 0.5) is 0 Å². The highest BCUT2D eigenvalue weighted by Gasteiger charge is 2.28. The molecule has 0 aliphatic rings. The summed E-state index contributed by atoms with van der Waals surface area (Å²) in [6.07, 6.45) is 18.6. The summed E-state index contributed by atoms with van der Waals surface area (Å²) in [5.41, 5.74) is 0. The first-order valence-electron chi connectivity index (χ1n) is 16.2. The van der Waals surface area contributed by atoms with Crippen molar-refractivity contribution < 1.29 is 48.4 Å². The lowest BCUT2D eigenvalue weighted by Crippen LogP contribution is -2.10. The molecule has 0 saturated carbocycles. The molecule has 0 atom stereocenters. The lowest BCUT2D eigenvalue weighted by molar-refractivity contribution is -0.134. The fourth-order valence-electron chi connectivity index (χ4n) is 6.10. The van der Waals surface area contributed by atoms with Crippen molar-refractivity contribution in [3.05, 3.63) is 48.6 Å². The van der Waals surface area contributed by atoms with Gasteiger partial charge in [0.05, 0.1) is 0 Å². The third-order valence-electron chi connectivity index (χ3n) is 8.45. The monoisotopic (exact) mass is 722 g/mol. The van der Waals surface area contributed by atoms with Gasteiger partial charge in [0.2, 0.25) is 0 Å². The minimum absolute atomic E-state index is 0.0289. The number of benzene rings is 4. The summed E-state index contributed by atoms with van der Waals surface area (Å²) in [6.45, 7) is 2.21. The molecule has 3 N–H and O–H groups in total. The van der Waals surface area contributed by atoms with Crippen molar-refractivity contribution in [2.75, 3.05) is 0 Å². The zero-order valence-corrected chi connectivity index (χ0v) is 29.3. The van der Waals surface area contributed by atoms with Gasteiger partial charge in [-0.15, -0.1) is 0 Å².